The molecular formula is C8H7N5O2S. The molecule has 2 aromatic heterocycles. The molecule has 0 saturated carbocycles. The topological polar surface area (TPSA) is 93.8 Å². The number of carbonyl (C=O) groups is 1. The number of aromatic nitrogens is 5. The van der Waals surface area contributed by atoms with E-state index in [1.165, 1.54) is 16.4 Å². The first kappa shape index (κ1) is 10.6. The van der Waals surface area contributed by atoms with Gasteiger partial charge >= 0.3 is 5.97 Å². The molecule has 1 N–H and O–H groups in total. The zero-order valence-electron chi connectivity index (χ0n) is 8.02. The molecule has 16 heavy (non-hydrogen) atoms. The van der Waals surface area contributed by atoms with E-state index < -0.39 is 5.97 Å². The highest BCUT2D eigenvalue weighted by molar-refractivity contribution is 7.99. The number of aliphatic carboxylic acids is 1. The summed E-state index contributed by atoms with van der Waals surface area (Å²) < 4.78 is 1.21. The summed E-state index contributed by atoms with van der Waals surface area (Å²) in [6.07, 6.45) is 1.65. The summed E-state index contributed by atoms with van der Waals surface area (Å²) in [7, 11) is 0. The van der Waals surface area contributed by atoms with E-state index in [0.717, 1.165) is 0 Å². The van der Waals surface area contributed by atoms with Crippen molar-refractivity contribution < 1.29 is 9.90 Å². The molecule has 0 unspecified atom stereocenters. The predicted octanol–water partition coefficient (Wildman–Crippen LogP) is 0.304. The molecule has 0 fully saturated rings. The van der Waals surface area contributed by atoms with Gasteiger partial charge in [-0.1, -0.05) is 6.07 Å². The van der Waals surface area contributed by atoms with E-state index in [9.17, 15) is 4.79 Å². The molecule has 2 rings (SSSR count). The summed E-state index contributed by atoms with van der Waals surface area (Å²) in [6.45, 7) is -0.262. The molecule has 0 bridgehead atoms. The molecule has 0 aromatic carbocycles. The fourth-order valence-electron chi connectivity index (χ4n) is 0.998. The van der Waals surface area contributed by atoms with Crippen LogP contribution in [0.4, 0.5) is 0 Å². The smallest absolute Gasteiger partial charge is 0.325 e. The van der Waals surface area contributed by atoms with E-state index in [-0.39, 0.29) is 6.54 Å². The monoisotopic (exact) mass is 237 g/mol. The molecule has 0 atom stereocenters. The fraction of sp³-hybridized carbons (Fsp3) is 0.125. The maximum absolute atomic E-state index is 10.5. The highest BCUT2D eigenvalue weighted by atomic mass is 32.2. The second-order valence-electron chi connectivity index (χ2n) is 2.78. The van der Waals surface area contributed by atoms with Crippen LogP contribution >= 0.6 is 11.8 Å². The van der Waals surface area contributed by atoms with Gasteiger partial charge < -0.3 is 5.11 Å². The lowest BCUT2D eigenvalue weighted by atomic mass is 10.5. The van der Waals surface area contributed by atoms with Crippen LogP contribution in [0.5, 0.6) is 0 Å². The van der Waals surface area contributed by atoms with E-state index in [1.807, 2.05) is 6.07 Å². The van der Waals surface area contributed by atoms with Gasteiger partial charge in [0.05, 0.1) is 0 Å². The van der Waals surface area contributed by atoms with Crippen LogP contribution < -0.4 is 0 Å². The van der Waals surface area contributed by atoms with Crippen molar-refractivity contribution in [2.24, 2.45) is 0 Å². The van der Waals surface area contributed by atoms with E-state index >= 15 is 0 Å². The Hall–Kier alpha value is -1.96. The minimum atomic E-state index is -0.991. The van der Waals surface area contributed by atoms with E-state index in [4.69, 9.17) is 5.11 Å². The van der Waals surface area contributed by atoms with Crippen molar-refractivity contribution in [2.45, 2.75) is 16.7 Å². The minimum absolute atomic E-state index is 0.262. The van der Waals surface area contributed by atoms with Gasteiger partial charge in [0.2, 0.25) is 5.16 Å². The average Bonchev–Trinajstić information content (AvgIpc) is 2.66. The van der Waals surface area contributed by atoms with Gasteiger partial charge in [-0.05, 0) is 34.3 Å². The first-order valence-electron chi connectivity index (χ1n) is 4.32. The van der Waals surface area contributed by atoms with Crippen LogP contribution in [0.15, 0.2) is 34.6 Å². The molecule has 7 nitrogen and oxygen atoms in total. The summed E-state index contributed by atoms with van der Waals surface area (Å²) in [4.78, 5) is 14.6. The van der Waals surface area contributed by atoms with Gasteiger partial charge in [0, 0.05) is 6.20 Å². The third-order valence-corrected chi connectivity index (χ3v) is 2.54. The van der Waals surface area contributed by atoms with Crippen LogP contribution in [-0.2, 0) is 11.3 Å². The Morgan fingerprint density at radius 2 is 2.38 bits per heavy atom. The lowest BCUT2D eigenvalue weighted by Gasteiger charge is -1.99. The van der Waals surface area contributed by atoms with Crippen molar-refractivity contribution in [3.05, 3.63) is 24.4 Å². The first-order chi connectivity index (χ1) is 7.75. The van der Waals surface area contributed by atoms with Gasteiger partial charge in [-0.25, -0.2) is 9.67 Å². The summed E-state index contributed by atoms with van der Waals surface area (Å²) >= 11 is 1.22. The number of carboxylic acids is 1. The van der Waals surface area contributed by atoms with Crippen molar-refractivity contribution in [3.63, 3.8) is 0 Å². The summed E-state index contributed by atoms with van der Waals surface area (Å²) in [5.74, 6) is -0.991. The third kappa shape index (κ3) is 2.54. The Kier molecular flexibility index (Phi) is 3.10. The molecule has 2 heterocycles. The number of hydrogen-bond acceptors (Lipinski definition) is 6. The highest BCUT2D eigenvalue weighted by Gasteiger charge is 2.11. The van der Waals surface area contributed by atoms with Crippen LogP contribution in [-0.4, -0.2) is 36.3 Å². The van der Waals surface area contributed by atoms with Crippen molar-refractivity contribution in [3.8, 4) is 0 Å². The summed E-state index contributed by atoms with van der Waals surface area (Å²) in [6, 6.07) is 5.43. The largest absolute Gasteiger partial charge is 0.480 e. The molecule has 8 heteroatoms. The lowest BCUT2D eigenvalue weighted by molar-refractivity contribution is -0.138. The molecule has 0 saturated heterocycles. The zero-order valence-corrected chi connectivity index (χ0v) is 8.83. The second-order valence-corrected chi connectivity index (χ2v) is 3.77. The lowest BCUT2D eigenvalue weighted by Crippen LogP contribution is -2.11. The van der Waals surface area contributed by atoms with Crippen LogP contribution in [0.1, 0.15) is 0 Å². The Morgan fingerprint density at radius 3 is 3.06 bits per heavy atom. The third-order valence-electron chi connectivity index (χ3n) is 1.62. The molecule has 0 amide bonds. The van der Waals surface area contributed by atoms with Crippen LogP contribution in [0.3, 0.4) is 0 Å². The average molecular weight is 237 g/mol. The van der Waals surface area contributed by atoms with Crippen LogP contribution in [0.25, 0.3) is 0 Å². The minimum Gasteiger partial charge on any atom is -0.480 e. The number of hydrogen-bond donors (Lipinski definition) is 1. The SMILES string of the molecule is O=C(O)Cn1nnnc1Sc1ccccn1. The van der Waals surface area contributed by atoms with Crippen LogP contribution in [0, 0.1) is 0 Å². The molecule has 0 aliphatic carbocycles. The quantitative estimate of drug-likeness (QED) is 0.817. The van der Waals surface area contributed by atoms with Gasteiger partial charge in [-0.3, -0.25) is 4.79 Å². The fourth-order valence-corrected chi connectivity index (χ4v) is 1.73. The van der Waals surface area contributed by atoms with E-state index in [0.29, 0.717) is 10.2 Å². The summed E-state index contributed by atoms with van der Waals surface area (Å²) in [5, 5.41) is 20.5. The van der Waals surface area contributed by atoms with Crippen molar-refractivity contribution >= 4 is 17.7 Å². The Labute approximate surface area is 94.5 Å². The van der Waals surface area contributed by atoms with Gasteiger partial charge in [-0.2, -0.15) is 0 Å². The number of nitrogens with zero attached hydrogens (tertiary/aromatic N) is 5. The Morgan fingerprint density at radius 1 is 1.50 bits per heavy atom. The Bertz CT molecular complexity index is 486. The number of carboxylic acid groups (broad SMARTS) is 1. The second kappa shape index (κ2) is 4.71. The van der Waals surface area contributed by atoms with Crippen molar-refractivity contribution in [1.82, 2.24) is 25.2 Å². The van der Waals surface area contributed by atoms with Gasteiger partial charge in [0.25, 0.3) is 0 Å². The number of rotatable bonds is 4. The van der Waals surface area contributed by atoms with Crippen LogP contribution in [0.2, 0.25) is 0 Å². The molecule has 2 aromatic rings. The predicted molar refractivity (Wildman–Crippen MR) is 53.8 cm³/mol. The molecular weight excluding hydrogens is 230 g/mol. The molecule has 0 radical (unpaired) electrons. The maximum atomic E-state index is 10.5. The molecule has 0 aliphatic heterocycles. The Balaban J connectivity index is 2.16. The standard InChI is InChI=1S/C8H7N5O2S/c14-7(15)5-13-8(10-11-12-13)16-6-3-1-2-4-9-6/h1-4H,5H2,(H,14,15). The normalized spacial score (nSPS) is 10.2. The molecule has 0 aliphatic rings. The van der Waals surface area contributed by atoms with Gasteiger partial charge in [-0.15, -0.1) is 5.10 Å². The van der Waals surface area contributed by atoms with Gasteiger partial charge in [0.15, 0.2) is 0 Å². The van der Waals surface area contributed by atoms with Crippen molar-refractivity contribution in [2.75, 3.05) is 0 Å². The van der Waals surface area contributed by atoms with Gasteiger partial charge in [0.1, 0.15) is 11.6 Å². The number of tetrazole rings is 1. The highest BCUT2D eigenvalue weighted by Crippen LogP contribution is 2.22. The maximum Gasteiger partial charge on any atom is 0.325 e. The zero-order chi connectivity index (χ0) is 11.4. The first-order valence-corrected chi connectivity index (χ1v) is 5.14. The van der Waals surface area contributed by atoms with E-state index in [1.54, 1.807) is 18.3 Å². The number of pyridine rings is 1. The van der Waals surface area contributed by atoms with Crippen molar-refractivity contribution in [1.29, 1.82) is 0 Å². The molecule has 82 valence electrons. The molecule has 0 spiro atoms. The summed E-state index contributed by atoms with van der Waals surface area (Å²) in [5.41, 5.74) is 0. The van der Waals surface area contributed by atoms with E-state index in [2.05, 4.69) is 20.5 Å².